The molecule has 0 aliphatic carbocycles. The Bertz CT molecular complexity index is 2050. The molecule has 55 heavy (non-hydrogen) atoms. The van der Waals surface area contributed by atoms with Crippen LogP contribution < -0.4 is 27.7 Å². The largest absolute Gasteiger partial charge is 0.509 e. The van der Waals surface area contributed by atoms with Crippen molar-refractivity contribution in [3.05, 3.63) is 56.9 Å². The van der Waals surface area contributed by atoms with Crippen molar-refractivity contribution in [2.45, 2.75) is 90.6 Å². The van der Waals surface area contributed by atoms with Crippen molar-refractivity contribution in [2.24, 2.45) is 17.4 Å². The number of aryl methyl sites for hydroxylation is 1. The maximum Gasteiger partial charge on any atom is 0.509 e. The van der Waals surface area contributed by atoms with E-state index in [1.165, 1.54) is 6.07 Å². The number of carbonyl (C=O) groups excluding carboxylic acids is 5. The minimum absolute atomic E-state index is 0.0913. The average Bonchev–Trinajstić information content (AvgIpc) is 3.51. The number of amides is 3. The Kier molecular flexibility index (Phi) is 12.8. The Labute approximate surface area is 317 Å². The monoisotopic (exact) mass is 764 g/mol. The maximum absolute atomic E-state index is 14.0. The highest BCUT2D eigenvalue weighted by atomic mass is 16.7. The lowest BCUT2D eigenvalue weighted by molar-refractivity contribution is -0.175. The van der Waals surface area contributed by atoms with Crippen LogP contribution in [0.1, 0.15) is 75.6 Å². The predicted octanol–water partition coefficient (Wildman–Crippen LogP) is 1.77. The lowest BCUT2D eigenvalue weighted by Crippen LogP contribution is -2.53. The van der Waals surface area contributed by atoms with Crippen molar-refractivity contribution in [1.82, 2.24) is 20.2 Å². The van der Waals surface area contributed by atoms with Gasteiger partial charge in [-0.3, -0.25) is 19.2 Å². The molecule has 5 rings (SSSR count). The van der Waals surface area contributed by atoms with E-state index < -0.39 is 66.3 Å². The van der Waals surface area contributed by atoms with Crippen LogP contribution in [0.4, 0.5) is 4.79 Å². The Morgan fingerprint density at radius 2 is 1.84 bits per heavy atom. The SMILES string of the molecule is CCc1c2c(nc3ccc(O)cc13)-c1cc3c(c(=O)n1C2)COC(=O)C3(CC)OC(=O)OCC(NC(=O)C(CCCCN)NC(=O)COCC(N)=O)C(C)C. The van der Waals surface area contributed by atoms with E-state index >= 15 is 0 Å². The number of nitrogens with two attached hydrogens (primary N) is 2. The summed E-state index contributed by atoms with van der Waals surface area (Å²) in [7, 11) is 0. The summed E-state index contributed by atoms with van der Waals surface area (Å²) < 4.78 is 23.2. The summed E-state index contributed by atoms with van der Waals surface area (Å²) in [5.41, 5.74) is 11.9. The molecule has 0 bridgehead atoms. The average molecular weight is 765 g/mol. The molecule has 17 nitrogen and oxygen atoms in total. The number of cyclic esters (lactones) is 1. The van der Waals surface area contributed by atoms with Crippen LogP contribution in [0.3, 0.4) is 0 Å². The fourth-order valence-corrected chi connectivity index (χ4v) is 6.97. The number of hydrogen-bond donors (Lipinski definition) is 5. The van der Waals surface area contributed by atoms with E-state index in [0.717, 1.165) is 16.5 Å². The Morgan fingerprint density at radius 3 is 2.51 bits per heavy atom. The van der Waals surface area contributed by atoms with Gasteiger partial charge >= 0.3 is 12.1 Å². The van der Waals surface area contributed by atoms with E-state index in [4.69, 9.17) is 35.4 Å². The van der Waals surface area contributed by atoms with Crippen LogP contribution in [0, 0.1) is 5.92 Å². The molecule has 296 valence electrons. The number of nitrogens with zero attached hydrogens (tertiary/aromatic N) is 2. The number of fused-ring (bicyclic) bond motifs is 5. The molecule has 2 aliphatic rings. The first-order chi connectivity index (χ1) is 26.2. The third kappa shape index (κ3) is 8.57. The standard InChI is InChI=1S/C38H48N6O11/c1-5-22-23-13-21(45)10-11-27(23)42-33-24(22)15-44-30(33)14-26-25(35(44)49)16-53-36(50)38(26,6-2)55-37(51)54-17-29(20(3)4)43-34(48)28(9-7-8-12-39)41-32(47)19-52-18-31(40)46/h10-11,13-14,20,28-29,45H,5-9,12,15-19,39H2,1-4H3,(H2,40,46)(H,41,47)(H,43,48). The van der Waals surface area contributed by atoms with Gasteiger partial charge in [-0.25, -0.2) is 14.6 Å². The van der Waals surface area contributed by atoms with E-state index in [0.29, 0.717) is 42.7 Å². The van der Waals surface area contributed by atoms with Crippen LogP contribution in [0.5, 0.6) is 5.75 Å². The van der Waals surface area contributed by atoms with Gasteiger partial charge in [0.05, 0.1) is 35.1 Å². The zero-order valence-electron chi connectivity index (χ0n) is 31.4. The number of benzene rings is 1. The summed E-state index contributed by atoms with van der Waals surface area (Å²) in [4.78, 5) is 82.6. The van der Waals surface area contributed by atoms with Crippen molar-refractivity contribution in [1.29, 1.82) is 0 Å². The molecule has 0 saturated carbocycles. The number of unbranched alkanes of at least 4 members (excludes halogenated alkanes) is 1. The van der Waals surface area contributed by atoms with Crippen LogP contribution >= 0.6 is 0 Å². The number of hydrogen-bond acceptors (Lipinski definition) is 13. The number of primary amides is 1. The quantitative estimate of drug-likeness (QED) is 0.0760. The number of phenolic OH excluding ortho intramolecular Hbond substituents is 1. The second kappa shape index (κ2) is 17.3. The van der Waals surface area contributed by atoms with Gasteiger partial charge in [0, 0.05) is 16.5 Å². The van der Waals surface area contributed by atoms with Crippen molar-refractivity contribution in [2.75, 3.05) is 26.4 Å². The normalized spacial score (nSPS) is 16.7. The molecule has 0 spiro atoms. The minimum Gasteiger partial charge on any atom is -0.508 e. The second-order valence-corrected chi connectivity index (χ2v) is 13.9. The highest BCUT2D eigenvalue weighted by Gasteiger charge is 2.51. The van der Waals surface area contributed by atoms with E-state index in [-0.39, 0.29) is 55.4 Å². The second-order valence-electron chi connectivity index (χ2n) is 13.9. The highest BCUT2D eigenvalue weighted by Crippen LogP contribution is 2.42. The number of nitrogens with one attached hydrogen (secondary N) is 2. The lowest BCUT2D eigenvalue weighted by atomic mass is 9.85. The topological polar surface area (TPSA) is 253 Å². The fraction of sp³-hybridized carbons (Fsp3) is 0.500. The van der Waals surface area contributed by atoms with E-state index in [9.17, 15) is 33.9 Å². The van der Waals surface area contributed by atoms with Gasteiger partial charge in [-0.1, -0.05) is 27.7 Å². The first-order valence-electron chi connectivity index (χ1n) is 18.3. The van der Waals surface area contributed by atoms with Gasteiger partial charge in [0.2, 0.25) is 23.3 Å². The molecule has 3 aromatic rings. The highest BCUT2D eigenvalue weighted by molar-refractivity contribution is 5.91. The predicted molar refractivity (Wildman–Crippen MR) is 197 cm³/mol. The molecule has 0 radical (unpaired) electrons. The molecule has 7 N–H and O–H groups in total. The van der Waals surface area contributed by atoms with Gasteiger partial charge in [0.15, 0.2) is 0 Å². The summed E-state index contributed by atoms with van der Waals surface area (Å²) in [6.45, 7) is 6.14. The van der Waals surface area contributed by atoms with Crippen LogP contribution in [0.15, 0.2) is 29.1 Å². The summed E-state index contributed by atoms with van der Waals surface area (Å²) in [5.74, 6) is -2.98. The number of esters is 1. The summed E-state index contributed by atoms with van der Waals surface area (Å²) >= 11 is 0. The number of ether oxygens (including phenoxy) is 4. The van der Waals surface area contributed by atoms with Crippen LogP contribution in [-0.4, -0.2) is 83.0 Å². The number of phenols is 1. The summed E-state index contributed by atoms with van der Waals surface area (Å²) in [6.07, 6.45) is 0.666. The molecule has 0 fully saturated rings. The van der Waals surface area contributed by atoms with Gasteiger partial charge in [-0.05, 0) is 74.4 Å². The molecule has 4 heterocycles. The van der Waals surface area contributed by atoms with E-state index in [1.54, 1.807) is 43.5 Å². The zero-order chi connectivity index (χ0) is 40.0. The molecule has 0 saturated heterocycles. The Morgan fingerprint density at radius 1 is 1.07 bits per heavy atom. The molecular weight excluding hydrogens is 716 g/mol. The number of aromatic hydroxyl groups is 1. The first kappa shape index (κ1) is 40.6. The van der Waals surface area contributed by atoms with Crippen molar-refractivity contribution in [3.8, 4) is 17.1 Å². The van der Waals surface area contributed by atoms with Gasteiger partial charge < -0.3 is 50.7 Å². The molecule has 3 unspecified atom stereocenters. The van der Waals surface area contributed by atoms with E-state index in [1.807, 2.05) is 6.92 Å². The maximum atomic E-state index is 14.0. The zero-order valence-corrected chi connectivity index (χ0v) is 31.4. The van der Waals surface area contributed by atoms with Gasteiger partial charge in [-0.15, -0.1) is 0 Å². The number of aromatic nitrogens is 2. The van der Waals surface area contributed by atoms with Crippen LogP contribution in [0.25, 0.3) is 22.3 Å². The molecule has 2 aliphatic heterocycles. The summed E-state index contributed by atoms with van der Waals surface area (Å²) in [5, 5.41) is 16.3. The molecular formula is C38H48N6O11. The van der Waals surface area contributed by atoms with Gasteiger partial charge in [-0.2, -0.15) is 0 Å². The molecule has 3 amide bonds. The molecule has 2 aromatic heterocycles. The lowest BCUT2D eigenvalue weighted by Gasteiger charge is -2.35. The molecule has 3 atom stereocenters. The van der Waals surface area contributed by atoms with Crippen molar-refractivity contribution in [3.63, 3.8) is 0 Å². The van der Waals surface area contributed by atoms with Crippen LogP contribution in [0.2, 0.25) is 0 Å². The minimum atomic E-state index is -2.02. The number of rotatable bonds is 17. The molecule has 1 aromatic carbocycles. The van der Waals surface area contributed by atoms with Crippen LogP contribution in [-0.2, 0) is 63.3 Å². The number of carbonyl (C=O) groups is 5. The summed E-state index contributed by atoms with van der Waals surface area (Å²) in [6, 6.07) is 4.80. The molecule has 17 heteroatoms. The third-order valence-corrected chi connectivity index (χ3v) is 9.96. The smallest absolute Gasteiger partial charge is 0.508 e. The number of pyridine rings is 2. The Hall–Kier alpha value is -5.55. The van der Waals surface area contributed by atoms with E-state index in [2.05, 4.69) is 10.6 Å². The van der Waals surface area contributed by atoms with Crippen molar-refractivity contribution >= 4 is 40.7 Å². The Balaban J connectivity index is 1.36. The van der Waals surface area contributed by atoms with Gasteiger partial charge in [0.25, 0.3) is 5.56 Å². The van der Waals surface area contributed by atoms with Gasteiger partial charge in [0.1, 0.15) is 38.2 Å². The third-order valence-electron chi connectivity index (χ3n) is 9.96. The fourth-order valence-electron chi connectivity index (χ4n) is 6.97. The first-order valence-corrected chi connectivity index (χ1v) is 18.3. The van der Waals surface area contributed by atoms with Crippen molar-refractivity contribution < 1.29 is 48.0 Å².